The van der Waals surface area contributed by atoms with Crippen molar-refractivity contribution in [1.29, 1.82) is 0 Å². The Morgan fingerprint density at radius 2 is 2.04 bits per heavy atom. The lowest BCUT2D eigenvalue weighted by Crippen LogP contribution is -2.37. The van der Waals surface area contributed by atoms with Crippen molar-refractivity contribution in [1.82, 2.24) is 4.57 Å². The molecule has 8 heteroatoms. The second-order valence-electron chi connectivity index (χ2n) is 6.63. The highest BCUT2D eigenvalue weighted by Gasteiger charge is 2.27. The van der Waals surface area contributed by atoms with Gasteiger partial charge in [0.25, 0.3) is 11.5 Å². The highest BCUT2D eigenvalue weighted by Crippen LogP contribution is 2.32. The summed E-state index contributed by atoms with van der Waals surface area (Å²) in [4.78, 5) is 24.5. The number of hydrogen-bond acceptors (Lipinski definition) is 4. The molecule has 0 radical (unpaired) electrons. The molecule has 1 N–H and O–H groups in total. The summed E-state index contributed by atoms with van der Waals surface area (Å²) in [6, 6.07) is 8.30. The van der Waals surface area contributed by atoms with Crippen molar-refractivity contribution in [3.05, 3.63) is 58.0 Å². The minimum atomic E-state index is -3.33. The van der Waals surface area contributed by atoms with Gasteiger partial charge in [0.1, 0.15) is 5.56 Å². The number of aryl methyl sites for hydroxylation is 2. The molecule has 0 fully saturated rings. The van der Waals surface area contributed by atoms with Gasteiger partial charge in [0.15, 0.2) is 0 Å². The van der Waals surface area contributed by atoms with E-state index in [0.717, 1.165) is 18.4 Å². The summed E-state index contributed by atoms with van der Waals surface area (Å²) in [6.45, 7) is 2.32. The molecule has 7 nitrogen and oxygen atoms in total. The fourth-order valence-electron chi connectivity index (χ4n) is 3.27. The van der Waals surface area contributed by atoms with Crippen molar-refractivity contribution < 1.29 is 13.2 Å². The summed E-state index contributed by atoms with van der Waals surface area (Å²) in [5.74, 6) is -0.371. The van der Waals surface area contributed by atoms with Crippen LogP contribution in [0.25, 0.3) is 0 Å². The second-order valence-corrected chi connectivity index (χ2v) is 8.64. The van der Waals surface area contributed by atoms with Crippen LogP contribution in [0.15, 0.2) is 41.3 Å². The molecule has 27 heavy (non-hydrogen) atoms. The number of fused-ring (bicyclic) bond motifs is 1. The number of nitrogens with zero attached hydrogens (tertiary/aromatic N) is 2. The number of rotatable bonds is 5. The van der Waals surface area contributed by atoms with Gasteiger partial charge in [0.2, 0.25) is 10.0 Å². The van der Waals surface area contributed by atoms with Crippen molar-refractivity contribution in [3.8, 4) is 0 Å². The number of carbonyl (C=O) groups is 1. The largest absolute Gasteiger partial charge is 0.322 e. The van der Waals surface area contributed by atoms with E-state index in [9.17, 15) is 18.0 Å². The average molecular weight is 389 g/mol. The third-order valence-corrected chi connectivity index (χ3v) is 6.55. The fraction of sp³-hybridized carbons (Fsp3) is 0.368. The maximum atomic E-state index is 12.5. The van der Waals surface area contributed by atoms with Crippen molar-refractivity contribution in [2.24, 2.45) is 7.05 Å². The van der Waals surface area contributed by atoms with E-state index in [-0.39, 0.29) is 16.9 Å². The first-order valence-corrected chi connectivity index (χ1v) is 10.5. The second kappa shape index (κ2) is 7.56. The molecular weight excluding hydrogens is 366 g/mol. The Bertz CT molecular complexity index is 1030. The molecule has 2 aromatic rings. The van der Waals surface area contributed by atoms with E-state index in [1.807, 2.05) is 6.92 Å². The minimum Gasteiger partial charge on any atom is -0.322 e. The van der Waals surface area contributed by atoms with E-state index < -0.39 is 15.9 Å². The van der Waals surface area contributed by atoms with Gasteiger partial charge in [0, 0.05) is 25.5 Å². The summed E-state index contributed by atoms with van der Waals surface area (Å²) >= 11 is 0. The van der Waals surface area contributed by atoms with Crippen molar-refractivity contribution >= 4 is 27.3 Å². The number of sulfonamides is 1. The Hall–Kier alpha value is -2.61. The third-order valence-electron chi connectivity index (χ3n) is 4.58. The van der Waals surface area contributed by atoms with Gasteiger partial charge in [-0.2, -0.15) is 0 Å². The lowest BCUT2D eigenvalue weighted by atomic mass is 10.0. The molecule has 0 aliphatic carbocycles. The number of anilines is 2. The molecule has 0 unspecified atom stereocenters. The van der Waals surface area contributed by atoms with Crippen LogP contribution in [-0.2, 0) is 23.5 Å². The molecule has 1 aliphatic rings. The van der Waals surface area contributed by atoms with Crippen LogP contribution in [0.2, 0.25) is 0 Å². The number of carbonyl (C=O) groups excluding carboxylic acids is 1. The van der Waals surface area contributed by atoms with Gasteiger partial charge >= 0.3 is 0 Å². The molecule has 0 saturated heterocycles. The van der Waals surface area contributed by atoms with Crippen LogP contribution in [0.1, 0.15) is 35.7 Å². The third kappa shape index (κ3) is 3.90. The highest BCUT2D eigenvalue weighted by molar-refractivity contribution is 7.92. The molecule has 0 saturated carbocycles. The van der Waals surface area contributed by atoms with Crippen LogP contribution < -0.4 is 15.2 Å². The smallest absolute Gasteiger partial charge is 0.263 e. The molecule has 2 heterocycles. The number of amides is 1. The SMILES string of the molecule is CCCS(=O)(=O)N1CCCc2cc(NC(=O)c3cccn(C)c3=O)ccc21. The molecular formula is C19H23N3O4S. The van der Waals surface area contributed by atoms with Crippen molar-refractivity contribution in [2.45, 2.75) is 26.2 Å². The van der Waals surface area contributed by atoms with E-state index in [4.69, 9.17) is 0 Å². The summed E-state index contributed by atoms with van der Waals surface area (Å²) in [6.07, 6.45) is 3.62. The first kappa shape index (κ1) is 19.2. The number of pyridine rings is 1. The predicted molar refractivity (Wildman–Crippen MR) is 106 cm³/mol. The number of nitrogens with one attached hydrogen (secondary N) is 1. The maximum absolute atomic E-state index is 12.5. The Kier molecular flexibility index (Phi) is 5.36. The average Bonchev–Trinajstić information content (AvgIpc) is 2.63. The normalized spacial score (nSPS) is 13.9. The first-order valence-electron chi connectivity index (χ1n) is 8.94. The number of benzene rings is 1. The molecule has 0 bridgehead atoms. The number of hydrogen-bond donors (Lipinski definition) is 1. The summed E-state index contributed by atoms with van der Waals surface area (Å²) in [7, 11) is -1.75. The van der Waals surface area contributed by atoms with Gasteiger partial charge in [-0.15, -0.1) is 0 Å². The molecule has 1 amide bonds. The maximum Gasteiger partial charge on any atom is 0.263 e. The Balaban J connectivity index is 1.87. The zero-order chi connectivity index (χ0) is 19.6. The Morgan fingerprint density at radius 3 is 2.78 bits per heavy atom. The molecule has 1 aromatic heterocycles. The van der Waals surface area contributed by atoms with Gasteiger partial charge in [0.05, 0.1) is 11.4 Å². The molecule has 1 aliphatic heterocycles. The van der Waals surface area contributed by atoms with Crippen LogP contribution >= 0.6 is 0 Å². The molecule has 0 atom stereocenters. The van der Waals surface area contributed by atoms with Crippen molar-refractivity contribution in [3.63, 3.8) is 0 Å². The first-order chi connectivity index (χ1) is 12.8. The van der Waals surface area contributed by atoms with Gasteiger partial charge in [-0.3, -0.25) is 13.9 Å². The van der Waals surface area contributed by atoms with E-state index in [1.54, 1.807) is 37.5 Å². The van der Waals surface area contributed by atoms with E-state index >= 15 is 0 Å². The Labute approximate surface area is 158 Å². The van der Waals surface area contributed by atoms with Gasteiger partial charge in [-0.25, -0.2) is 8.42 Å². The minimum absolute atomic E-state index is 0.0601. The predicted octanol–water partition coefficient (Wildman–Crippen LogP) is 2.13. The van der Waals surface area contributed by atoms with Crippen LogP contribution in [0.5, 0.6) is 0 Å². The van der Waals surface area contributed by atoms with Crippen molar-refractivity contribution in [2.75, 3.05) is 21.9 Å². The fourth-order valence-corrected chi connectivity index (χ4v) is 4.89. The van der Waals surface area contributed by atoms with Gasteiger partial charge in [-0.1, -0.05) is 6.92 Å². The molecule has 144 valence electrons. The monoisotopic (exact) mass is 389 g/mol. The summed E-state index contributed by atoms with van der Waals surface area (Å²) in [5.41, 5.74) is 1.78. The van der Waals surface area contributed by atoms with Crippen LogP contribution in [0, 0.1) is 0 Å². The van der Waals surface area contributed by atoms with Gasteiger partial charge in [-0.05, 0) is 55.2 Å². The number of aromatic nitrogens is 1. The van der Waals surface area contributed by atoms with Crippen LogP contribution in [0.4, 0.5) is 11.4 Å². The molecule has 0 spiro atoms. The quantitative estimate of drug-likeness (QED) is 0.848. The highest BCUT2D eigenvalue weighted by atomic mass is 32.2. The van der Waals surface area contributed by atoms with E-state index in [2.05, 4.69) is 5.32 Å². The summed E-state index contributed by atoms with van der Waals surface area (Å²) < 4.78 is 27.8. The van der Waals surface area contributed by atoms with Crippen LogP contribution in [-0.4, -0.2) is 31.2 Å². The standard InChI is InChI=1S/C19H23N3O4S/c1-3-12-27(25,26)22-11-4-6-14-13-15(8-9-17(14)22)20-18(23)16-7-5-10-21(2)19(16)24/h5,7-10,13H,3-4,6,11-12H2,1-2H3,(H,20,23). The molecule has 3 rings (SSSR count). The lowest BCUT2D eigenvalue weighted by molar-refractivity contribution is 0.102. The van der Waals surface area contributed by atoms with E-state index in [0.29, 0.717) is 24.3 Å². The topological polar surface area (TPSA) is 88.5 Å². The lowest BCUT2D eigenvalue weighted by Gasteiger charge is -2.30. The zero-order valence-corrected chi connectivity index (χ0v) is 16.3. The zero-order valence-electron chi connectivity index (χ0n) is 15.4. The summed E-state index contributed by atoms with van der Waals surface area (Å²) in [5, 5.41) is 2.73. The van der Waals surface area contributed by atoms with E-state index in [1.165, 1.54) is 14.9 Å². The Morgan fingerprint density at radius 1 is 1.26 bits per heavy atom. The molecule has 1 aromatic carbocycles. The van der Waals surface area contributed by atoms with Gasteiger partial charge < -0.3 is 9.88 Å². The van der Waals surface area contributed by atoms with Crippen LogP contribution in [0.3, 0.4) is 0 Å².